The summed E-state index contributed by atoms with van der Waals surface area (Å²) in [6.07, 6.45) is -1.76. The Morgan fingerprint density at radius 2 is 1.74 bits per heavy atom. The molecule has 0 aliphatic heterocycles. The lowest BCUT2D eigenvalue weighted by atomic mass is 9.92. The van der Waals surface area contributed by atoms with E-state index in [4.69, 9.17) is 0 Å². The van der Waals surface area contributed by atoms with Crippen molar-refractivity contribution >= 4 is 5.57 Å². The van der Waals surface area contributed by atoms with E-state index in [0.717, 1.165) is 28.7 Å². The molecule has 0 saturated carbocycles. The van der Waals surface area contributed by atoms with Crippen LogP contribution in [0.2, 0.25) is 0 Å². The van der Waals surface area contributed by atoms with Crippen LogP contribution in [0.1, 0.15) is 36.1 Å². The molecular weight excluding hydrogens is 301 g/mol. The summed E-state index contributed by atoms with van der Waals surface area (Å²) >= 11 is 0. The molecule has 0 bridgehead atoms. The van der Waals surface area contributed by atoms with E-state index in [2.05, 4.69) is 29.9 Å². The highest BCUT2D eigenvalue weighted by atomic mass is 19.4. The normalized spacial score (nSPS) is 12.3. The second-order valence-electron chi connectivity index (χ2n) is 5.28. The first-order valence-corrected chi connectivity index (χ1v) is 7.46. The van der Waals surface area contributed by atoms with Crippen molar-refractivity contribution in [3.63, 3.8) is 0 Å². The average molecular weight is 320 g/mol. The summed E-state index contributed by atoms with van der Waals surface area (Å²) in [5.74, 6) is -0.212. The van der Waals surface area contributed by atoms with Gasteiger partial charge in [0.25, 0.3) is 0 Å². The van der Waals surface area contributed by atoms with Gasteiger partial charge >= 0.3 is 6.36 Å². The SMILES string of the molecule is C/C=C(/c1ccc(OC(F)(F)F)cc1)c1cc(CC)ccc1C. The van der Waals surface area contributed by atoms with E-state index >= 15 is 0 Å². The summed E-state index contributed by atoms with van der Waals surface area (Å²) in [7, 11) is 0. The fourth-order valence-electron chi connectivity index (χ4n) is 2.49. The summed E-state index contributed by atoms with van der Waals surface area (Å²) in [5.41, 5.74) is 5.30. The Hall–Kier alpha value is -2.23. The van der Waals surface area contributed by atoms with Crippen LogP contribution in [0.4, 0.5) is 13.2 Å². The third-order valence-corrected chi connectivity index (χ3v) is 3.69. The monoisotopic (exact) mass is 320 g/mol. The molecule has 0 unspecified atom stereocenters. The van der Waals surface area contributed by atoms with Crippen molar-refractivity contribution in [3.8, 4) is 5.75 Å². The quantitative estimate of drug-likeness (QED) is 0.680. The van der Waals surface area contributed by atoms with E-state index in [0.29, 0.717) is 0 Å². The Morgan fingerprint density at radius 1 is 1.09 bits per heavy atom. The Labute approximate surface area is 134 Å². The molecule has 0 aromatic heterocycles. The van der Waals surface area contributed by atoms with E-state index in [-0.39, 0.29) is 5.75 Å². The summed E-state index contributed by atoms with van der Waals surface area (Å²) < 4.78 is 40.6. The minimum Gasteiger partial charge on any atom is -0.406 e. The maximum atomic E-state index is 12.2. The molecule has 122 valence electrons. The first-order chi connectivity index (χ1) is 10.8. The Morgan fingerprint density at radius 3 is 2.26 bits per heavy atom. The minimum atomic E-state index is -4.67. The molecule has 1 nitrogen and oxygen atoms in total. The molecule has 23 heavy (non-hydrogen) atoms. The Kier molecular flexibility index (Phi) is 5.14. The van der Waals surface area contributed by atoms with E-state index in [1.165, 1.54) is 17.7 Å². The molecule has 0 N–H and O–H groups in total. The van der Waals surface area contributed by atoms with Crippen LogP contribution in [0, 0.1) is 6.92 Å². The van der Waals surface area contributed by atoms with Gasteiger partial charge in [0.1, 0.15) is 5.75 Å². The molecule has 2 rings (SSSR count). The zero-order chi connectivity index (χ0) is 17.0. The van der Waals surface area contributed by atoms with E-state index in [9.17, 15) is 13.2 Å². The topological polar surface area (TPSA) is 9.23 Å². The van der Waals surface area contributed by atoms with Gasteiger partial charge in [-0.05, 0) is 60.2 Å². The van der Waals surface area contributed by atoms with Gasteiger partial charge in [-0.15, -0.1) is 13.2 Å². The van der Waals surface area contributed by atoms with Crippen molar-refractivity contribution in [2.45, 2.75) is 33.6 Å². The highest BCUT2D eigenvalue weighted by molar-refractivity contribution is 5.81. The van der Waals surface area contributed by atoms with Crippen molar-refractivity contribution in [3.05, 3.63) is 70.8 Å². The van der Waals surface area contributed by atoms with Crippen LogP contribution >= 0.6 is 0 Å². The molecule has 0 amide bonds. The van der Waals surface area contributed by atoms with Gasteiger partial charge in [-0.1, -0.05) is 43.3 Å². The fraction of sp³-hybridized carbons (Fsp3) is 0.263. The summed E-state index contributed by atoms with van der Waals surface area (Å²) in [5, 5.41) is 0. The van der Waals surface area contributed by atoms with Gasteiger partial charge in [-0.2, -0.15) is 0 Å². The predicted molar refractivity (Wildman–Crippen MR) is 86.4 cm³/mol. The predicted octanol–water partition coefficient (Wildman–Crippen LogP) is 5.91. The highest BCUT2D eigenvalue weighted by Crippen LogP contribution is 2.30. The number of benzene rings is 2. The molecule has 0 atom stereocenters. The van der Waals surface area contributed by atoms with E-state index in [1.54, 1.807) is 12.1 Å². The molecule has 0 saturated heterocycles. The number of halogens is 3. The first kappa shape index (κ1) is 17.1. The number of rotatable bonds is 4. The van der Waals surface area contributed by atoms with Crippen LogP contribution < -0.4 is 4.74 Å². The second kappa shape index (κ2) is 6.90. The van der Waals surface area contributed by atoms with E-state index < -0.39 is 6.36 Å². The number of allylic oxidation sites excluding steroid dienone is 1. The summed E-state index contributed by atoms with van der Waals surface area (Å²) in [6, 6.07) is 12.3. The van der Waals surface area contributed by atoms with Crippen LogP contribution in [-0.4, -0.2) is 6.36 Å². The van der Waals surface area contributed by atoms with Gasteiger partial charge in [0.05, 0.1) is 0 Å². The van der Waals surface area contributed by atoms with Gasteiger partial charge in [-0.25, -0.2) is 0 Å². The van der Waals surface area contributed by atoms with Crippen LogP contribution in [0.15, 0.2) is 48.5 Å². The molecular formula is C19H19F3O. The molecule has 0 radical (unpaired) electrons. The van der Waals surface area contributed by atoms with Gasteiger partial charge in [0.15, 0.2) is 0 Å². The maximum absolute atomic E-state index is 12.2. The standard InChI is InChI=1S/C19H19F3O/c1-4-14-7-6-13(3)18(12-14)17(5-2)15-8-10-16(11-9-15)23-19(20,21)22/h5-12H,4H2,1-3H3/b17-5-. The number of alkyl halides is 3. The van der Waals surface area contributed by atoms with Gasteiger partial charge < -0.3 is 4.74 Å². The van der Waals surface area contributed by atoms with Gasteiger partial charge in [0, 0.05) is 0 Å². The van der Waals surface area contributed by atoms with Gasteiger partial charge in [0.2, 0.25) is 0 Å². The third kappa shape index (κ3) is 4.38. The number of ether oxygens (including phenoxy) is 1. The molecule has 4 heteroatoms. The lowest BCUT2D eigenvalue weighted by molar-refractivity contribution is -0.274. The molecule has 0 aliphatic carbocycles. The second-order valence-corrected chi connectivity index (χ2v) is 5.28. The largest absolute Gasteiger partial charge is 0.573 e. The van der Waals surface area contributed by atoms with Crippen LogP contribution in [-0.2, 0) is 6.42 Å². The number of aryl methyl sites for hydroxylation is 2. The Bertz CT molecular complexity index is 698. The number of hydrogen-bond donors (Lipinski definition) is 0. The molecule has 0 spiro atoms. The summed E-state index contributed by atoms with van der Waals surface area (Å²) in [4.78, 5) is 0. The fourth-order valence-corrected chi connectivity index (χ4v) is 2.49. The first-order valence-electron chi connectivity index (χ1n) is 7.46. The van der Waals surface area contributed by atoms with Crippen molar-refractivity contribution in [1.82, 2.24) is 0 Å². The number of hydrogen-bond acceptors (Lipinski definition) is 1. The zero-order valence-corrected chi connectivity index (χ0v) is 13.4. The smallest absolute Gasteiger partial charge is 0.406 e. The molecule has 2 aromatic rings. The Balaban J connectivity index is 2.35. The van der Waals surface area contributed by atoms with Crippen LogP contribution in [0.25, 0.3) is 5.57 Å². The minimum absolute atomic E-state index is 0.212. The third-order valence-electron chi connectivity index (χ3n) is 3.69. The van der Waals surface area contributed by atoms with Crippen molar-refractivity contribution in [1.29, 1.82) is 0 Å². The average Bonchev–Trinajstić information content (AvgIpc) is 2.50. The highest BCUT2D eigenvalue weighted by Gasteiger charge is 2.31. The van der Waals surface area contributed by atoms with Crippen molar-refractivity contribution < 1.29 is 17.9 Å². The molecule has 0 fully saturated rings. The van der Waals surface area contributed by atoms with Crippen LogP contribution in [0.5, 0.6) is 5.75 Å². The van der Waals surface area contributed by atoms with E-state index in [1.807, 2.05) is 19.9 Å². The zero-order valence-electron chi connectivity index (χ0n) is 13.4. The van der Waals surface area contributed by atoms with Crippen LogP contribution in [0.3, 0.4) is 0 Å². The molecule has 0 heterocycles. The summed E-state index contributed by atoms with van der Waals surface area (Å²) in [6.45, 7) is 6.04. The van der Waals surface area contributed by atoms with Crippen molar-refractivity contribution in [2.24, 2.45) is 0 Å². The van der Waals surface area contributed by atoms with Crippen molar-refractivity contribution in [2.75, 3.05) is 0 Å². The maximum Gasteiger partial charge on any atom is 0.573 e. The molecule has 2 aromatic carbocycles. The molecule has 0 aliphatic rings. The van der Waals surface area contributed by atoms with Gasteiger partial charge in [-0.3, -0.25) is 0 Å². The lowest BCUT2D eigenvalue weighted by Crippen LogP contribution is -2.17. The lowest BCUT2D eigenvalue weighted by Gasteiger charge is -2.14.